The van der Waals surface area contributed by atoms with Gasteiger partial charge in [-0.3, -0.25) is 4.79 Å². The van der Waals surface area contributed by atoms with Crippen LogP contribution in [0.5, 0.6) is 0 Å². The monoisotopic (exact) mass is 303 g/mol. The van der Waals surface area contributed by atoms with Gasteiger partial charge in [0.25, 0.3) is 0 Å². The molecule has 112 valence electrons. The van der Waals surface area contributed by atoms with E-state index in [1.165, 1.54) is 17.3 Å². The van der Waals surface area contributed by atoms with Gasteiger partial charge in [-0.1, -0.05) is 63.7 Å². The summed E-state index contributed by atoms with van der Waals surface area (Å²) < 4.78 is 0. The van der Waals surface area contributed by atoms with E-state index >= 15 is 0 Å². The number of nitrogens with one attached hydrogen (secondary N) is 1. The predicted molar refractivity (Wildman–Crippen MR) is 90.0 cm³/mol. The van der Waals surface area contributed by atoms with Crippen LogP contribution in [0, 0.1) is 0 Å². The van der Waals surface area contributed by atoms with Crippen molar-refractivity contribution in [1.82, 2.24) is 5.32 Å². The topological polar surface area (TPSA) is 53.8 Å². The summed E-state index contributed by atoms with van der Waals surface area (Å²) in [6, 6.07) is 8.26. The molecule has 1 amide bonds. The van der Waals surface area contributed by atoms with Gasteiger partial charge in [-0.05, 0) is 23.0 Å². The lowest BCUT2D eigenvalue weighted by Crippen LogP contribution is -2.24. The zero-order chi connectivity index (χ0) is 15.5. The summed E-state index contributed by atoms with van der Waals surface area (Å²) in [6.07, 6.45) is 2.50. The average Bonchev–Trinajstić information content (AvgIpc) is 2.79. The molecule has 1 aromatic carbocycles. The Morgan fingerprint density at radius 2 is 1.95 bits per heavy atom. The van der Waals surface area contributed by atoms with E-state index < -0.39 is 0 Å². The quantitative estimate of drug-likeness (QED) is 0.688. The predicted octanol–water partition coefficient (Wildman–Crippen LogP) is 3.32. The molecule has 1 unspecified atom stereocenters. The molecule has 1 heterocycles. The molecule has 21 heavy (non-hydrogen) atoms. The number of benzene rings is 1. The summed E-state index contributed by atoms with van der Waals surface area (Å²) in [4.78, 5) is 11.5. The molecule has 1 aliphatic rings. The lowest BCUT2D eigenvalue weighted by Gasteiger charge is -2.18. The fourth-order valence-electron chi connectivity index (χ4n) is 1.94. The van der Waals surface area contributed by atoms with Crippen molar-refractivity contribution in [3.63, 3.8) is 0 Å². The molecule has 1 atom stereocenters. The molecule has 4 nitrogen and oxygen atoms in total. The van der Waals surface area contributed by atoms with Gasteiger partial charge in [0.2, 0.25) is 5.91 Å². The van der Waals surface area contributed by atoms with Crippen molar-refractivity contribution in [2.75, 3.05) is 0 Å². The summed E-state index contributed by atoms with van der Waals surface area (Å²) in [5.74, 6) is 0.0194. The minimum Gasteiger partial charge on any atom is -0.303 e. The number of nitrogens with zero attached hydrogens (tertiary/aromatic N) is 2. The SMILES string of the molecule is CCC1S/C(=N/N=C\c2ccc(C(C)(C)C)cc2)NC1=O. The first-order valence-electron chi connectivity index (χ1n) is 7.09. The van der Waals surface area contributed by atoms with Crippen molar-refractivity contribution < 1.29 is 4.79 Å². The van der Waals surface area contributed by atoms with Gasteiger partial charge in [0, 0.05) is 0 Å². The van der Waals surface area contributed by atoms with Crippen LogP contribution >= 0.6 is 11.8 Å². The first kappa shape index (κ1) is 15.8. The Bertz CT molecular complexity index is 570. The van der Waals surface area contributed by atoms with Crippen molar-refractivity contribution >= 4 is 29.1 Å². The fraction of sp³-hybridized carbons (Fsp3) is 0.438. The maximum absolute atomic E-state index is 11.5. The Balaban J connectivity index is 2.01. The van der Waals surface area contributed by atoms with Crippen molar-refractivity contribution in [2.24, 2.45) is 10.2 Å². The van der Waals surface area contributed by atoms with Gasteiger partial charge >= 0.3 is 0 Å². The number of carbonyl (C=O) groups excluding carboxylic acids is 1. The van der Waals surface area contributed by atoms with Crippen LogP contribution in [-0.4, -0.2) is 22.5 Å². The Kier molecular flexibility index (Phi) is 4.83. The number of carbonyl (C=O) groups is 1. The third-order valence-corrected chi connectivity index (χ3v) is 4.52. The second-order valence-corrected chi connectivity index (χ2v) is 7.22. The van der Waals surface area contributed by atoms with Crippen LogP contribution in [0.15, 0.2) is 34.5 Å². The van der Waals surface area contributed by atoms with Gasteiger partial charge in [-0.25, -0.2) is 0 Å². The van der Waals surface area contributed by atoms with E-state index in [9.17, 15) is 4.79 Å². The van der Waals surface area contributed by atoms with E-state index in [0.717, 1.165) is 12.0 Å². The van der Waals surface area contributed by atoms with Crippen LogP contribution in [0.1, 0.15) is 45.2 Å². The summed E-state index contributed by atoms with van der Waals surface area (Å²) in [6.45, 7) is 8.55. The van der Waals surface area contributed by atoms with Gasteiger partial charge < -0.3 is 5.32 Å². The summed E-state index contributed by atoms with van der Waals surface area (Å²) in [7, 11) is 0. The second kappa shape index (κ2) is 6.43. The minimum absolute atomic E-state index is 0.0194. The average molecular weight is 303 g/mol. The van der Waals surface area contributed by atoms with Crippen LogP contribution in [0.4, 0.5) is 0 Å². The van der Waals surface area contributed by atoms with Crippen molar-refractivity contribution in [2.45, 2.75) is 44.8 Å². The maximum atomic E-state index is 11.5. The third-order valence-electron chi connectivity index (χ3n) is 3.28. The number of hydrogen-bond acceptors (Lipinski definition) is 4. The zero-order valence-corrected chi connectivity index (χ0v) is 13.7. The number of amidine groups is 1. The lowest BCUT2D eigenvalue weighted by atomic mass is 9.87. The molecule has 1 fully saturated rings. The third kappa shape index (κ3) is 4.17. The number of thioether (sulfide) groups is 1. The molecule has 0 bridgehead atoms. The first-order valence-corrected chi connectivity index (χ1v) is 7.97. The van der Waals surface area contributed by atoms with Crippen molar-refractivity contribution in [3.05, 3.63) is 35.4 Å². The zero-order valence-electron chi connectivity index (χ0n) is 12.9. The summed E-state index contributed by atoms with van der Waals surface area (Å²) in [5.41, 5.74) is 2.43. The van der Waals surface area contributed by atoms with E-state index in [2.05, 4.69) is 48.4 Å². The van der Waals surface area contributed by atoms with Crippen LogP contribution in [0.3, 0.4) is 0 Å². The fourth-order valence-corrected chi connectivity index (χ4v) is 2.79. The Morgan fingerprint density at radius 1 is 1.29 bits per heavy atom. The number of amides is 1. The molecule has 0 aromatic heterocycles. The van der Waals surface area contributed by atoms with E-state index in [4.69, 9.17) is 0 Å². The standard InChI is InChI=1S/C16H21N3OS/c1-5-13-14(20)18-15(21-13)19-17-10-11-6-8-12(9-7-11)16(2,3)4/h6-10,13H,5H2,1-4H3,(H,18,19,20)/b17-10-. The van der Waals surface area contributed by atoms with Gasteiger partial charge in [0.1, 0.15) is 0 Å². The molecule has 0 aliphatic carbocycles. The van der Waals surface area contributed by atoms with E-state index in [-0.39, 0.29) is 16.6 Å². The van der Waals surface area contributed by atoms with E-state index in [1.807, 2.05) is 19.1 Å². The number of hydrogen-bond donors (Lipinski definition) is 1. The van der Waals surface area contributed by atoms with Crippen LogP contribution in [0.25, 0.3) is 0 Å². The highest BCUT2D eigenvalue weighted by molar-refractivity contribution is 8.15. The molecular weight excluding hydrogens is 282 g/mol. The number of rotatable bonds is 3. The highest BCUT2D eigenvalue weighted by atomic mass is 32.2. The molecule has 0 spiro atoms. The maximum Gasteiger partial charge on any atom is 0.239 e. The molecule has 0 radical (unpaired) electrons. The molecule has 0 saturated carbocycles. The largest absolute Gasteiger partial charge is 0.303 e. The van der Waals surface area contributed by atoms with Crippen LogP contribution < -0.4 is 5.32 Å². The minimum atomic E-state index is -0.0370. The Morgan fingerprint density at radius 3 is 2.48 bits per heavy atom. The van der Waals surface area contributed by atoms with Gasteiger partial charge in [0.15, 0.2) is 5.17 Å². The molecule has 2 rings (SSSR count). The van der Waals surface area contributed by atoms with Crippen molar-refractivity contribution in [1.29, 1.82) is 0 Å². The first-order chi connectivity index (χ1) is 9.90. The van der Waals surface area contributed by atoms with Gasteiger partial charge in [-0.15, -0.1) is 5.10 Å². The second-order valence-electron chi connectivity index (χ2n) is 6.03. The Hall–Kier alpha value is -1.62. The highest BCUT2D eigenvalue weighted by Crippen LogP contribution is 2.22. The van der Waals surface area contributed by atoms with Crippen LogP contribution in [0.2, 0.25) is 0 Å². The highest BCUT2D eigenvalue weighted by Gasteiger charge is 2.28. The van der Waals surface area contributed by atoms with Crippen LogP contribution in [-0.2, 0) is 10.2 Å². The molecule has 1 aliphatic heterocycles. The molecule has 1 saturated heterocycles. The summed E-state index contributed by atoms with van der Waals surface area (Å²) >= 11 is 1.44. The molecular formula is C16H21N3OS. The Labute approximate surface area is 130 Å². The van der Waals surface area contributed by atoms with Gasteiger partial charge in [0.05, 0.1) is 11.5 Å². The smallest absolute Gasteiger partial charge is 0.239 e. The van der Waals surface area contributed by atoms with Crippen molar-refractivity contribution in [3.8, 4) is 0 Å². The normalized spacial score (nSPS) is 21.2. The van der Waals surface area contributed by atoms with E-state index in [0.29, 0.717) is 5.17 Å². The summed E-state index contributed by atoms with van der Waals surface area (Å²) in [5, 5.41) is 11.4. The lowest BCUT2D eigenvalue weighted by molar-refractivity contribution is -0.118. The molecule has 1 aromatic rings. The molecule has 5 heteroatoms. The van der Waals surface area contributed by atoms with Gasteiger partial charge in [-0.2, -0.15) is 5.10 Å². The molecule has 1 N–H and O–H groups in total. The van der Waals surface area contributed by atoms with E-state index in [1.54, 1.807) is 6.21 Å².